The van der Waals surface area contributed by atoms with Crippen LogP contribution in [0.15, 0.2) is 65.8 Å². The molecule has 0 bridgehead atoms. The van der Waals surface area contributed by atoms with Crippen LogP contribution in [-0.4, -0.2) is 10.9 Å². The Morgan fingerprint density at radius 2 is 1.17 bits per heavy atom. The lowest BCUT2D eigenvalue weighted by Crippen LogP contribution is -1.94. The number of hydrogen-bond acceptors (Lipinski definition) is 2. The van der Waals surface area contributed by atoms with E-state index in [9.17, 15) is 8.78 Å². The summed E-state index contributed by atoms with van der Waals surface area (Å²) < 4.78 is 25.6. The van der Waals surface area contributed by atoms with Gasteiger partial charge < -0.3 is 5.21 Å². The second-order valence-corrected chi connectivity index (χ2v) is 4.98. The summed E-state index contributed by atoms with van der Waals surface area (Å²) in [6, 6.07) is 12.3. The molecule has 0 saturated carbocycles. The van der Waals surface area contributed by atoms with Crippen LogP contribution in [0.3, 0.4) is 0 Å². The minimum Gasteiger partial charge on any atom is -0.411 e. The highest BCUT2D eigenvalue weighted by Gasteiger charge is 1.96. The lowest BCUT2D eigenvalue weighted by molar-refractivity contribution is 0.317. The molecule has 2 aromatic carbocycles. The summed E-state index contributed by atoms with van der Waals surface area (Å²) >= 11 is 0. The predicted octanol–water partition coefficient (Wildman–Crippen LogP) is 5.30. The molecule has 118 valence electrons. The molecule has 2 nitrogen and oxygen atoms in total. The molecule has 2 rings (SSSR count). The van der Waals surface area contributed by atoms with E-state index in [1.165, 1.54) is 24.3 Å². The van der Waals surface area contributed by atoms with E-state index < -0.39 is 0 Å². The van der Waals surface area contributed by atoms with E-state index in [0.717, 1.165) is 11.1 Å². The van der Waals surface area contributed by atoms with Crippen molar-refractivity contribution in [1.29, 1.82) is 0 Å². The van der Waals surface area contributed by atoms with Crippen LogP contribution in [0.1, 0.15) is 24.0 Å². The van der Waals surface area contributed by atoms with Gasteiger partial charge in [-0.1, -0.05) is 53.7 Å². The normalized spacial score (nSPS) is 11.2. The largest absolute Gasteiger partial charge is 0.411 e. The Bertz CT molecular complexity index is 642. The van der Waals surface area contributed by atoms with Gasteiger partial charge in [-0.15, -0.1) is 0 Å². The molecule has 0 amide bonds. The van der Waals surface area contributed by atoms with Gasteiger partial charge in [0.15, 0.2) is 0 Å². The summed E-state index contributed by atoms with van der Waals surface area (Å²) in [5, 5.41) is 12.3. The third kappa shape index (κ3) is 5.87. The minimum atomic E-state index is -0.273. The molecule has 0 atom stereocenters. The molecule has 0 radical (unpaired) electrons. The molecule has 0 spiro atoms. The van der Waals surface area contributed by atoms with Gasteiger partial charge in [-0.2, -0.15) is 0 Å². The van der Waals surface area contributed by atoms with E-state index in [-0.39, 0.29) is 11.6 Å². The highest BCUT2D eigenvalue weighted by molar-refractivity contribution is 5.87. The van der Waals surface area contributed by atoms with Gasteiger partial charge in [-0.05, 0) is 35.4 Å². The minimum absolute atomic E-state index is 0.273. The average molecular weight is 313 g/mol. The number of hydrogen-bond donors (Lipinski definition) is 1. The topological polar surface area (TPSA) is 32.6 Å². The molecule has 23 heavy (non-hydrogen) atoms. The van der Waals surface area contributed by atoms with Crippen LogP contribution in [0.2, 0.25) is 0 Å². The molecule has 0 aliphatic rings. The zero-order valence-corrected chi connectivity index (χ0v) is 12.5. The van der Waals surface area contributed by atoms with Crippen molar-refractivity contribution in [1.82, 2.24) is 0 Å². The number of allylic oxidation sites excluding steroid dienone is 2. The monoisotopic (exact) mass is 313 g/mol. The highest BCUT2D eigenvalue weighted by atomic mass is 19.1. The van der Waals surface area contributed by atoms with Crippen molar-refractivity contribution in [3.05, 3.63) is 83.4 Å². The number of benzene rings is 2. The van der Waals surface area contributed by atoms with Gasteiger partial charge in [0.25, 0.3) is 0 Å². The van der Waals surface area contributed by atoms with Crippen molar-refractivity contribution in [2.45, 2.75) is 12.8 Å². The fraction of sp³-hybridized carbons (Fsp3) is 0.105. The molecule has 0 heterocycles. The summed E-state index contributed by atoms with van der Waals surface area (Å²) in [6.07, 6.45) is 8.37. The summed E-state index contributed by atoms with van der Waals surface area (Å²) in [5.74, 6) is -0.545. The standard InChI is InChI=1S/C19H17F2NO/c20-17-11-7-15(8-12-17)3-1-5-19(22-23)6-2-4-16-9-13-18(21)14-10-16/h1-4,7-14,23H,5-6H2. The van der Waals surface area contributed by atoms with Crippen LogP contribution in [0, 0.1) is 11.6 Å². The number of oxime groups is 1. The quantitative estimate of drug-likeness (QED) is 0.438. The van der Waals surface area contributed by atoms with E-state index in [1.54, 1.807) is 24.3 Å². The van der Waals surface area contributed by atoms with E-state index in [2.05, 4.69) is 5.16 Å². The molecule has 0 fully saturated rings. The van der Waals surface area contributed by atoms with Crippen molar-refractivity contribution >= 4 is 17.9 Å². The molecule has 0 saturated heterocycles. The van der Waals surface area contributed by atoms with E-state index in [0.29, 0.717) is 18.6 Å². The summed E-state index contributed by atoms with van der Waals surface area (Å²) in [7, 11) is 0. The first-order valence-corrected chi connectivity index (χ1v) is 7.21. The molecule has 0 aliphatic heterocycles. The maximum absolute atomic E-state index is 12.8. The van der Waals surface area contributed by atoms with Crippen molar-refractivity contribution < 1.29 is 14.0 Å². The van der Waals surface area contributed by atoms with Crippen molar-refractivity contribution in [3.63, 3.8) is 0 Å². The molecule has 1 N–H and O–H groups in total. The Hall–Kier alpha value is -2.75. The van der Waals surface area contributed by atoms with Crippen LogP contribution >= 0.6 is 0 Å². The molecule has 0 aliphatic carbocycles. The molecular formula is C19H17F2NO. The SMILES string of the molecule is ON=C(CC=Cc1ccc(F)cc1)CC=Cc1ccc(F)cc1. The van der Waals surface area contributed by atoms with E-state index >= 15 is 0 Å². The molecular weight excluding hydrogens is 296 g/mol. The summed E-state index contributed by atoms with van der Waals surface area (Å²) in [5.41, 5.74) is 2.36. The average Bonchev–Trinajstić information content (AvgIpc) is 2.57. The smallest absolute Gasteiger partial charge is 0.123 e. The third-order valence-electron chi connectivity index (χ3n) is 3.21. The first kappa shape index (κ1) is 16.6. The van der Waals surface area contributed by atoms with Crippen LogP contribution in [0.5, 0.6) is 0 Å². The Balaban J connectivity index is 1.85. The van der Waals surface area contributed by atoms with Gasteiger partial charge >= 0.3 is 0 Å². The second kappa shape index (κ2) is 8.63. The van der Waals surface area contributed by atoms with E-state index in [1.807, 2.05) is 24.3 Å². The van der Waals surface area contributed by atoms with Gasteiger partial charge in [-0.25, -0.2) is 8.78 Å². The van der Waals surface area contributed by atoms with Crippen molar-refractivity contribution in [2.24, 2.45) is 5.16 Å². The third-order valence-corrected chi connectivity index (χ3v) is 3.21. The highest BCUT2D eigenvalue weighted by Crippen LogP contribution is 2.08. The maximum Gasteiger partial charge on any atom is 0.123 e. The zero-order valence-electron chi connectivity index (χ0n) is 12.5. The second-order valence-electron chi connectivity index (χ2n) is 4.98. The van der Waals surface area contributed by atoms with Crippen LogP contribution in [0.4, 0.5) is 8.78 Å². The van der Waals surface area contributed by atoms with Gasteiger partial charge in [0.05, 0.1) is 5.71 Å². The Kier molecular flexibility index (Phi) is 6.24. The van der Waals surface area contributed by atoms with Crippen LogP contribution < -0.4 is 0 Å². The van der Waals surface area contributed by atoms with Gasteiger partial charge in [0.1, 0.15) is 11.6 Å². The Morgan fingerprint density at radius 1 is 0.783 bits per heavy atom. The fourth-order valence-corrected chi connectivity index (χ4v) is 1.97. The predicted molar refractivity (Wildman–Crippen MR) is 89.3 cm³/mol. The molecule has 2 aromatic rings. The molecule has 4 heteroatoms. The fourth-order valence-electron chi connectivity index (χ4n) is 1.97. The van der Waals surface area contributed by atoms with E-state index in [4.69, 9.17) is 5.21 Å². The van der Waals surface area contributed by atoms with Crippen molar-refractivity contribution in [2.75, 3.05) is 0 Å². The number of nitrogens with zero attached hydrogens (tertiary/aromatic N) is 1. The van der Waals surface area contributed by atoms with Crippen LogP contribution in [0.25, 0.3) is 12.2 Å². The molecule has 0 aromatic heterocycles. The summed E-state index contributed by atoms with van der Waals surface area (Å²) in [6.45, 7) is 0. The zero-order chi connectivity index (χ0) is 16.5. The first-order valence-electron chi connectivity index (χ1n) is 7.21. The lowest BCUT2D eigenvalue weighted by atomic mass is 10.1. The maximum atomic E-state index is 12.8. The lowest BCUT2D eigenvalue weighted by Gasteiger charge is -1.98. The first-order chi connectivity index (χ1) is 11.2. The number of halogens is 2. The van der Waals surface area contributed by atoms with Gasteiger partial charge in [-0.3, -0.25) is 0 Å². The molecule has 0 unspecified atom stereocenters. The van der Waals surface area contributed by atoms with Crippen molar-refractivity contribution in [3.8, 4) is 0 Å². The summed E-state index contributed by atoms with van der Waals surface area (Å²) in [4.78, 5) is 0. The number of rotatable bonds is 6. The van der Waals surface area contributed by atoms with Gasteiger partial charge in [0, 0.05) is 12.8 Å². The Morgan fingerprint density at radius 3 is 1.52 bits per heavy atom. The van der Waals surface area contributed by atoms with Gasteiger partial charge in [0.2, 0.25) is 0 Å². The van der Waals surface area contributed by atoms with Crippen LogP contribution in [-0.2, 0) is 0 Å². The Labute approximate surface area is 134 Å².